The van der Waals surface area contributed by atoms with Crippen molar-refractivity contribution >= 4 is 16.9 Å². The van der Waals surface area contributed by atoms with Gasteiger partial charge in [0.05, 0.1) is 6.20 Å². The summed E-state index contributed by atoms with van der Waals surface area (Å²) in [5.41, 5.74) is 2.72. The predicted molar refractivity (Wildman–Crippen MR) is 70.3 cm³/mol. The number of benzene rings is 1. The Morgan fingerprint density at radius 2 is 2.06 bits per heavy atom. The van der Waals surface area contributed by atoms with Crippen LogP contribution in [0.5, 0.6) is 0 Å². The van der Waals surface area contributed by atoms with E-state index >= 15 is 0 Å². The molecule has 0 saturated carbocycles. The van der Waals surface area contributed by atoms with Crippen LogP contribution in [0.25, 0.3) is 11.2 Å². The zero-order valence-corrected chi connectivity index (χ0v) is 9.80. The summed E-state index contributed by atoms with van der Waals surface area (Å²) in [5, 5.41) is 3.34. The number of H-pyrrole nitrogens is 1. The Bertz CT molecular complexity index is 599. The van der Waals surface area contributed by atoms with E-state index in [1.807, 2.05) is 30.3 Å². The third-order valence-corrected chi connectivity index (χ3v) is 2.68. The Kier molecular flexibility index (Phi) is 2.87. The number of aromatic nitrogens is 4. The summed E-state index contributed by atoms with van der Waals surface area (Å²) >= 11 is 0. The molecule has 2 N–H and O–H groups in total. The van der Waals surface area contributed by atoms with E-state index < -0.39 is 0 Å². The lowest BCUT2D eigenvalue weighted by Gasteiger charge is -2.03. The smallest absolute Gasteiger partial charge is 0.180 e. The van der Waals surface area contributed by atoms with Crippen LogP contribution in [0.3, 0.4) is 0 Å². The molecule has 0 unspecified atom stereocenters. The lowest BCUT2D eigenvalue weighted by molar-refractivity contribution is 0.933. The molecule has 2 aromatic heterocycles. The molecular formula is C13H13N5. The van der Waals surface area contributed by atoms with Gasteiger partial charge in [0, 0.05) is 18.7 Å². The first-order valence-electron chi connectivity index (χ1n) is 5.85. The van der Waals surface area contributed by atoms with Crippen molar-refractivity contribution < 1.29 is 0 Å². The van der Waals surface area contributed by atoms with E-state index in [-0.39, 0.29) is 0 Å². The molecule has 0 spiro atoms. The fourth-order valence-corrected chi connectivity index (χ4v) is 1.81. The average molecular weight is 239 g/mol. The molecule has 0 aliphatic heterocycles. The molecule has 0 saturated heterocycles. The highest BCUT2D eigenvalue weighted by Gasteiger charge is 2.02. The molecule has 5 nitrogen and oxygen atoms in total. The van der Waals surface area contributed by atoms with Gasteiger partial charge >= 0.3 is 0 Å². The number of nitrogens with zero attached hydrogens (tertiary/aromatic N) is 3. The number of anilines is 1. The number of hydrogen-bond donors (Lipinski definition) is 2. The Hall–Kier alpha value is -2.43. The van der Waals surface area contributed by atoms with E-state index in [0.717, 1.165) is 35.6 Å². The molecule has 0 bridgehead atoms. The average Bonchev–Trinajstić information content (AvgIpc) is 2.82. The molecule has 0 aliphatic rings. The van der Waals surface area contributed by atoms with Crippen LogP contribution in [0.4, 0.5) is 5.69 Å². The van der Waals surface area contributed by atoms with Crippen LogP contribution >= 0.6 is 0 Å². The molecule has 5 heteroatoms. The number of aromatic amines is 1. The molecule has 1 aromatic carbocycles. The minimum Gasteiger partial charge on any atom is -0.385 e. The molecule has 0 fully saturated rings. The normalized spacial score (nSPS) is 10.7. The fraction of sp³-hybridized carbons (Fsp3) is 0.154. The van der Waals surface area contributed by atoms with Crippen molar-refractivity contribution in [2.45, 2.75) is 6.42 Å². The van der Waals surface area contributed by atoms with Gasteiger partial charge in [0.15, 0.2) is 5.65 Å². The highest BCUT2D eigenvalue weighted by atomic mass is 15.0. The molecule has 18 heavy (non-hydrogen) atoms. The van der Waals surface area contributed by atoms with Crippen molar-refractivity contribution in [1.82, 2.24) is 19.9 Å². The van der Waals surface area contributed by atoms with Gasteiger partial charge in [-0.15, -0.1) is 0 Å². The summed E-state index contributed by atoms with van der Waals surface area (Å²) in [4.78, 5) is 15.7. The van der Waals surface area contributed by atoms with Crippen molar-refractivity contribution in [2.24, 2.45) is 0 Å². The van der Waals surface area contributed by atoms with Crippen molar-refractivity contribution in [3.63, 3.8) is 0 Å². The summed E-state index contributed by atoms with van der Waals surface area (Å²) < 4.78 is 0. The SMILES string of the molecule is c1ccc(NCCc2nc3ncncc3[nH]2)cc1. The Morgan fingerprint density at radius 3 is 2.89 bits per heavy atom. The van der Waals surface area contributed by atoms with E-state index in [1.54, 1.807) is 6.20 Å². The first-order valence-corrected chi connectivity index (χ1v) is 5.85. The zero-order chi connectivity index (χ0) is 12.2. The highest BCUT2D eigenvalue weighted by molar-refractivity contribution is 5.68. The quantitative estimate of drug-likeness (QED) is 0.731. The zero-order valence-electron chi connectivity index (χ0n) is 9.80. The van der Waals surface area contributed by atoms with Crippen molar-refractivity contribution in [3.05, 3.63) is 48.7 Å². The van der Waals surface area contributed by atoms with E-state index in [2.05, 4.69) is 25.3 Å². The Labute approximate surface area is 104 Å². The molecule has 3 rings (SSSR count). The molecule has 0 aliphatic carbocycles. The summed E-state index contributed by atoms with van der Waals surface area (Å²) in [6.45, 7) is 0.831. The molecule has 0 amide bonds. The van der Waals surface area contributed by atoms with E-state index in [4.69, 9.17) is 0 Å². The summed E-state index contributed by atoms with van der Waals surface area (Å²) in [6.07, 6.45) is 4.07. The second kappa shape index (κ2) is 4.83. The van der Waals surface area contributed by atoms with Crippen molar-refractivity contribution in [2.75, 3.05) is 11.9 Å². The number of hydrogen-bond acceptors (Lipinski definition) is 4. The summed E-state index contributed by atoms with van der Waals surface area (Å²) in [5.74, 6) is 0.925. The standard InChI is InChI=1S/C13H13N5/c1-2-4-10(5-3-1)15-7-6-12-17-11-8-14-9-16-13(11)18-12/h1-5,8-9,15H,6-7H2,(H,14,16,17,18). The second-order valence-electron chi connectivity index (χ2n) is 3.99. The Balaban J connectivity index is 1.63. The van der Waals surface area contributed by atoms with E-state index in [1.165, 1.54) is 6.33 Å². The van der Waals surface area contributed by atoms with Crippen LogP contribution in [-0.2, 0) is 6.42 Å². The maximum Gasteiger partial charge on any atom is 0.180 e. The number of para-hydroxylation sites is 1. The summed E-state index contributed by atoms with van der Waals surface area (Å²) in [6, 6.07) is 10.1. The van der Waals surface area contributed by atoms with Crippen LogP contribution in [0.15, 0.2) is 42.9 Å². The van der Waals surface area contributed by atoms with E-state index in [9.17, 15) is 0 Å². The van der Waals surface area contributed by atoms with Gasteiger partial charge in [0.2, 0.25) is 0 Å². The lowest BCUT2D eigenvalue weighted by Crippen LogP contribution is -2.05. The topological polar surface area (TPSA) is 66.5 Å². The number of nitrogens with one attached hydrogen (secondary N) is 2. The highest BCUT2D eigenvalue weighted by Crippen LogP contribution is 2.08. The van der Waals surface area contributed by atoms with Gasteiger partial charge in [-0.3, -0.25) is 0 Å². The number of imidazole rings is 1. The minimum atomic E-state index is 0.722. The van der Waals surface area contributed by atoms with Gasteiger partial charge in [-0.2, -0.15) is 0 Å². The van der Waals surface area contributed by atoms with Gasteiger partial charge in [0.25, 0.3) is 0 Å². The first kappa shape index (κ1) is 10.7. The van der Waals surface area contributed by atoms with Gasteiger partial charge in [-0.25, -0.2) is 15.0 Å². The van der Waals surface area contributed by atoms with Crippen LogP contribution in [0.1, 0.15) is 5.82 Å². The number of fused-ring (bicyclic) bond motifs is 1. The van der Waals surface area contributed by atoms with Gasteiger partial charge in [0.1, 0.15) is 17.7 Å². The maximum absolute atomic E-state index is 4.40. The third kappa shape index (κ3) is 2.29. The molecule has 0 radical (unpaired) electrons. The molecule has 90 valence electrons. The van der Waals surface area contributed by atoms with Gasteiger partial charge in [-0.05, 0) is 12.1 Å². The summed E-state index contributed by atoms with van der Waals surface area (Å²) in [7, 11) is 0. The largest absolute Gasteiger partial charge is 0.385 e. The Morgan fingerprint density at radius 1 is 1.17 bits per heavy atom. The predicted octanol–water partition coefficient (Wildman–Crippen LogP) is 2.01. The third-order valence-electron chi connectivity index (χ3n) is 2.68. The van der Waals surface area contributed by atoms with Crippen LogP contribution in [-0.4, -0.2) is 26.5 Å². The number of rotatable bonds is 4. The molecule has 0 atom stereocenters. The van der Waals surface area contributed by atoms with Crippen LogP contribution < -0.4 is 5.32 Å². The van der Waals surface area contributed by atoms with Crippen LogP contribution in [0.2, 0.25) is 0 Å². The molecular weight excluding hydrogens is 226 g/mol. The second-order valence-corrected chi connectivity index (χ2v) is 3.99. The monoisotopic (exact) mass is 239 g/mol. The van der Waals surface area contributed by atoms with Gasteiger partial charge in [-0.1, -0.05) is 18.2 Å². The fourth-order valence-electron chi connectivity index (χ4n) is 1.81. The first-order chi connectivity index (χ1) is 8.92. The van der Waals surface area contributed by atoms with E-state index in [0.29, 0.717) is 0 Å². The molecule has 2 heterocycles. The minimum absolute atomic E-state index is 0.722. The maximum atomic E-state index is 4.40. The van der Waals surface area contributed by atoms with Crippen LogP contribution in [0, 0.1) is 0 Å². The van der Waals surface area contributed by atoms with Crippen molar-refractivity contribution in [1.29, 1.82) is 0 Å². The van der Waals surface area contributed by atoms with Crippen molar-refractivity contribution in [3.8, 4) is 0 Å². The lowest BCUT2D eigenvalue weighted by atomic mass is 10.3. The van der Waals surface area contributed by atoms with Gasteiger partial charge < -0.3 is 10.3 Å². The molecule has 3 aromatic rings.